The molecule has 150 valence electrons. The van der Waals surface area contributed by atoms with Crippen LogP contribution in [0.1, 0.15) is 18.4 Å². The monoisotopic (exact) mass is 379 g/mol. The van der Waals surface area contributed by atoms with Gasteiger partial charge in [0.15, 0.2) is 18.0 Å². The van der Waals surface area contributed by atoms with E-state index in [-0.39, 0.29) is 12.0 Å². The number of hydrogen-bond acceptors (Lipinski definition) is 4. The van der Waals surface area contributed by atoms with Crippen LogP contribution in [0.4, 0.5) is 0 Å². The summed E-state index contributed by atoms with van der Waals surface area (Å²) in [6.07, 6.45) is 2.38. The third-order valence-electron chi connectivity index (χ3n) is 5.53. The summed E-state index contributed by atoms with van der Waals surface area (Å²) in [5, 5.41) is 3.03. The van der Waals surface area contributed by atoms with Crippen LogP contribution in [0.5, 0.6) is 11.5 Å². The number of carbonyl (C=O) groups excluding carboxylic acids is 1. The molecule has 0 saturated carbocycles. The Labute approximate surface area is 161 Å². The average Bonchev–Trinajstić information content (AvgIpc) is 3.21. The van der Waals surface area contributed by atoms with Crippen molar-refractivity contribution < 1.29 is 28.8 Å². The van der Waals surface area contributed by atoms with Crippen LogP contribution in [0, 0.1) is 0 Å². The van der Waals surface area contributed by atoms with Crippen molar-refractivity contribution in [2.45, 2.75) is 25.5 Å². The number of ether oxygens (including phenoxy) is 3. The summed E-state index contributed by atoms with van der Waals surface area (Å²) >= 11 is 0. The first kappa shape index (κ1) is 19.9. The van der Waals surface area contributed by atoms with Gasteiger partial charge in [0.2, 0.25) is 0 Å². The van der Waals surface area contributed by atoms with E-state index in [9.17, 15) is 4.79 Å². The first-order chi connectivity index (χ1) is 13.2. The lowest BCUT2D eigenvalue weighted by Gasteiger charge is -2.29. The molecular weight excluding hydrogens is 346 g/mol. The molecule has 0 aliphatic carbocycles. The molecular formula is C20H33N3O4+2. The molecule has 2 aliphatic rings. The Balaban J connectivity index is 1.39. The molecule has 0 aromatic heterocycles. The van der Waals surface area contributed by atoms with Crippen molar-refractivity contribution in [3.63, 3.8) is 0 Å². The Morgan fingerprint density at radius 1 is 1.15 bits per heavy atom. The Kier molecular flexibility index (Phi) is 7.32. The van der Waals surface area contributed by atoms with E-state index in [1.807, 2.05) is 6.07 Å². The first-order valence-corrected chi connectivity index (χ1v) is 9.94. The Morgan fingerprint density at radius 3 is 2.56 bits per heavy atom. The van der Waals surface area contributed by atoms with Crippen molar-refractivity contribution in [2.24, 2.45) is 0 Å². The van der Waals surface area contributed by atoms with Crippen molar-refractivity contribution in [2.75, 3.05) is 60.1 Å². The molecule has 2 saturated heterocycles. The molecule has 3 rings (SSSR count). The third-order valence-corrected chi connectivity index (χ3v) is 5.53. The van der Waals surface area contributed by atoms with Crippen molar-refractivity contribution in [3.05, 3.63) is 23.8 Å². The summed E-state index contributed by atoms with van der Waals surface area (Å²) in [6.45, 7) is 7.21. The van der Waals surface area contributed by atoms with Crippen LogP contribution >= 0.6 is 0 Å². The van der Waals surface area contributed by atoms with Crippen LogP contribution in [-0.4, -0.2) is 72.1 Å². The van der Waals surface area contributed by atoms with Crippen LogP contribution in [0.3, 0.4) is 0 Å². The maximum Gasteiger partial charge on any atom is 0.275 e. The minimum absolute atomic E-state index is 0.142. The summed E-state index contributed by atoms with van der Waals surface area (Å²) in [6, 6.07) is 6.13. The lowest BCUT2D eigenvalue weighted by Crippen LogP contribution is -3.28. The number of methoxy groups -OCH3 is 2. The summed E-state index contributed by atoms with van der Waals surface area (Å²) in [7, 11) is 3.32. The number of carbonyl (C=O) groups is 1. The molecule has 1 aromatic rings. The second kappa shape index (κ2) is 9.92. The predicted octanol–water partition coefficient (Wildman–Crippen LogP) is -1.72. The van der Waals surface area contributed by atoms with E-state index in [1.165, 1.54) is 10.5 Å². The van der Waals surface area contributed by atoms with Gasteiger partial charge < -0.3 is 29.3 Å². The fourth-order valence-corrected chi connectivity index (χ4v) is 3.91. The van der Waals surface area contributed by atoms with Gasteiger partial charge in [0.1, 0.15) is 32.7 Å². The zero-order chi connectivity index (χ0) is 19.1. The minimum atomic E-state index is 0.142. The normalized spacial score (nSPS) is 25.2. The highest BCUT2D eigenvalue weighted by atomic mass is 16.5. The summed E-state index contributed by atoms with van der Waals surface area (Å²) in [4.78, 5) is 15.1. The maximum absolute atomic E-state index is 12.2. The average molecular weight is 380 g/mol. The van der Waals surface area contributed by atoms with Crippen LogP contribution in [0.25, 0.3) is 0 Å². The number of rotatable bonds is 8. The van der Waals surface area contributed by atoms with Gasteiger partial charge in [-0.05, 0) is 31.0 Å². The lowest BCUT2D eigenvalue weighted by molar-refractivity contribution is -1.02. The van der Waals surface area contributed by atoms with Gasteiger partial charge >= 0.3 is 0 Å². The first-order valence-electron chi connectivity index (χ1n) is 9.94. The zero-order valence-electron chi connectivity index (χ0n) is 16.5. The fourth-order valence-electron chi connectivity index (χ4n) is 3.91. The second-order valence-electron chi connectivity index (χ2n) is 7.48. The fraction of sp³-hybridized carbons (Fsp3) is 0.650. The number of amides is 1. The number of benzene rings is 1. The van der Waals surface area contributed by atoms with Gasteiger partial charge in [0, 0.05) is 18.7 Å². The highest BCUT2D eigenvalue weighted by molar-refractivity contribution is 5.76. The molecule has 0 radical (unpaired) electrons. The molecule has 27 heavy (non-hydrogen) atoms. The van der Waals surface area contributed by atoms with Crippen LogP contribution in [0.15, 0.2) is 18.2 Å². The SMILES string of the molecule is COc1ccc(C[NH+]2CC[NH+](CC(=O)NC[C@@H]3CCCO3)CC2)cc1OC. The van der Waals surface area contributed by atoms with Crippen molar-refractivity contribution >= 4 is 5.91 Å². The molecule has 0 spiro atoms. The van der Waals surface area contributed by atoms with Crippen LogP contribution in [0.2, 0.25) is 0 Å². The minimum Gasteiger partial charge on any atom is -0.493 e. The lowest BCUT2D eigenvalue weighted by atomic mass is 10.1. The summed E-state index contributed by atoms with van der Waals surface area (Å²) in [5.74, 6) is 1.69. The molecule has 2 heterocycles. The van der Waals surface area contributed by atoms with Gasteiger partial charge in [-0.1, -0.05) is 0 Å². The molecule has 3 N–H and O–H groups in total. The largest absolute Gasteiger partial charge is 0.493 e. The molecule has 7 heteroatoms. The molecule has 1 aromatic carbocycles. The molecule has 1 amide bonds. The molecule has 1 atom stereocenters. The maximum atomic E-state index is 12.2. The standard InChI is InChI=1S/C20H31N3O4/c1-25-18-6-5-16(12-19(18)26-2)14-22-7-9-23(10-8-22)15-20(24)21-13-17-4-3-11-27-17/h5-6,12,17H,3-4,7-11,13-15H2,1-2H3,(H,21,24)/p+2/t17-/m0/s1. The topological polar surface area (TPSA) is 65.7 Å². The van der Waals surface area contributed by atoms with Crippen molar-refractivity contribution in [1.82, 2.24) is 5.32 Å². The van der Waals surface area contributed by atoms with Crippen molar-refractivity contribution in [1.29, 1.82) is 0 Å². The van der Waals surface area contributed by atoms with E-state index >= 15 is 0 Å². The summed E-state index contributed by atoms with van der Waals surface area (Å²) in [5.41, 5.74) is 1.25. The van der Waals surface area contributed by atoms with Gasteiger partial charge in [-0.2, -0.15) is 0 Å². The van der Waals surface area contributed by atoms with E-state index in [2.05, 4.69) is 17.4 Å². The van der Waals surface area contributed by atoms with E-state index < -0.39 is 0 Å². The van der Waals surface area contributed by atoms with Crippen molar-refractivity contribution in [3.8, 4) is 11.5 Å². The van der Waals surface area contributed by atoms with Gasteiger partial charge in [-0.15, -0.1) is 0 Å². The number of piperazine rings is 1. The molecule has 0 bridgehead atoms. The Bertz CT molecular complexity index is 611. The molecule has 0 unspecified atom stereocenters. The molecule has 7 nitrogen and oxygen atoms in total. The van der Waals surface area contributed by atoms with Gasteiger partial charge in [-0.3, -0.25) is 4.79 Å². The number of nitrogens with one attached hydrogen (secondary N) is 3. The smallest absolute Gasteiger partial charge is 0.275 e. The van der Waals surface area contributed by atoms with E-state index in [0.717, 1.165) is 63.7 Å². The van der Waals surface area contributed by atoms with Gasteiger partial charge in [-0.25, -0.2) is 0 Å². The quantitative estimate of drug-likeness (QED) is 0.503. The number of hydrogen-bond donors (Lipinski definition) is 3. The highest BCUT2D eigenvalue weighted by Crippen LogP contribution is 2.27. The zero-order valence-corrected chi connectivity index (χ0v) is 16.5. The number of quaternary nitrogens is 2. The third kappa shape index (κ3) is 5.82. The Hall–Kier alpha value is -1.83. The van der Waals surface area contributed by atoms with E-state index in [0.29, 0.717) is 13.1 Å². The Morgan fingerprint density at radius 2 is 1.89 bits per heavy atom. The van der Waals surface area contributed by atoms with Gasteiger partial charge in [0.25, 0.3) is 5.91 Å². The predicted molar refractivity (Wildman–Crippen MR) is 101 cm³/mol. The van der Waals surface area contributed by atoms with E-state index in [4.69, 9.17) is 14.2 Å². The van der Waals surface area contributed by atoms with Gasteiger partial charge in [0.05, 0.1) is 20.3 Å². The van der Waals surface area contributed by atoms with Crippen LogP contribution < -0.4 is 24.6 Å². The molecule has 2 aliphatic heterocycles. The van der Waals surface area contributed by atoms with E-state index in [1.54, 1.807) is 19.1 Å². The second-order valence-corrected chi connectivity index (χ2v) is 7.48. The highest BCUT2D eigenvalue weighted by Gasteiger charge is 2.25. The summed E-state index contributed by atoms with van der Waals surface area (Å²) < 4.78 is 16.3. The van der Waals surface area contributed by atoms with Crippen LogP contribution in [-0.2, 0) is 16.1 Å². The molecule has 2 fully saturated rings.